The lowest BCUT2D eigenvalue weighted by atomic mass is 9.77. The molecule has 6 rings (SSSR count). The topological polar surface area (TPSA) is 245 Å². The highest BCUT2D eigenvalue weighted by Gasteiger charge is 2.52. The number of aliphatic hydroxyl groups excluding tert-OH is 3. The van der Waals surface area contributed by atoms with Gasteiger partial charge < -0.3 is 68.7 Å². The molecule has 0 saturated carbocycles. The molecule has 19 atom stereocenters. The van der Waals surface area contributed by atoms with Crippen molar-refractivity contribution in [1.29, 1.82) is 0 Å². The fourth-order valence-electron chi connectivity index (χ4n) is 12.2. The Hall–Kier alpha value is -3.62. The number of alkyl halides is 1. The van der Waals surface area contributed by atoms with Crippen molar-refractivity contribution >= 4 is 5.97 Å². The molecule has 3 saturated heterocycles. The molecule has 0 radical (unpaired) electrons. The first kappa shape index (κ1) is 63.6. The van der Waals surface area contributed by atoms with Crippen LogP contribution in [0.3, 0.4) is 0 Å². The first-order valence-electron chi connectivity index (χ1n) is 27.9. The van der Waals surface area contributed by atoms with Crippen molar-refractivity contribution in [2.45, 2.75) is 212 Å². The Labute approximate surface area is 461 Å². The predicted octanol–water partition coefficient (Wildman–Crippen LogP) is 4.27. The number of aromatic nitrogens is 6. The van der Waals surface area contributed by atoms with Crippen LogP contribution in [0.5, 0.6) is 0 Å². The third-order valence-electron chi connectivity index (χ3n) is 16.8. The van der Waals surface area contributed by atoms with Gasteiger partial charge in [-0.25, -0.2) is 13.8 Å². The molecule has 3 fully saturated rings. The summed E-state index contributed by atoms with van der Waals surface area (Å²) < 4.78 is 56.7. The second kappa shape index (κ2) is 26.5. The number of cyclic esters (lactones) is 1. The van der Waals surface area contributed by atoms with E-state index in [4.69, 9.17) is 28.4 Å². The number of esters is 1. The van der Waals surface area contributed by atoms with Crippen molar-refractivity contribution in [3.8, 4) is 5.69 Å². The third-order valence-corrected chi connectivity index (χ3v) is 16.8. The summed E-state index contributed by atoms with van der Waals surface area (Å²) in [4.78, 5) is 20.5. The Morgan fingerprint density at radius 1 is 0.897 bits per heavy atom. The second-order valence-corrected chi connectivity index (χ2v) is 24.5. The number of likely N-dealkylation sites (N-methyl/N-ethyl adjacent to an activating group) is 2. The van der Waals surface area contributed by atoms with E-state index in [1.165, 1.54) is 18.7 Å². The smallest absolute Gasteiger partial charge is 0.311 e. The van der Waals surface area contributed by atoms with E-state index in [0.29, 0.717) is 38.2 Å². The molecule has 0 aliphatic carbocycles. The minimum Gasteiger partial charge on any atom is -0.459 e. The molecule has 442 valence electrons. The van der Waals surface area contributed by atoms with Gasteiger partial charge in [0.1, 0.15) is 42.7 Å². The monoisotopic (exact) mass is 1100 g/mol. The number of benzene rings is 1. The number of carbonyl (C=O) groups is 1. The summed E-state index contributed by atoms with van der Waals surface area (Å²) in [5.41, 5.74) is -1.12. The number of ether oxygens (including phenoxy) is 6. The van der Waals surface area contributed by atoms with Gasteiger partial charge in [-0.3, -0.25) is 4.79 Å². The van der Waals surface area contributed by atoms with Gasteiger partial charge in [0.2, 0.25) is 0 Å². The summed E-state index contributed by atoms with van der Waals surface area (Å²) in [5.74, 6) is -2.77. The van der Waals surface area contributed by atoms with Gasteiger partial charge in [0.25, 0.3) is 0 Å². The zero-order valence-electron chi connectivity index (χ0n) is 49.1. The van der Waals surface area contributed by atoms with E-state index in [2.05, 4.69) is 20.6 Å². The van der Waals surface area contributed by atoms with Gasteiger partial charge >= 0.3 is 5.97 Å². The van der Waals surface area contributed by atoms with Crippen LogP contribution >= 0.6 is 0 Å². The number of rotatable bonds is 17. The molecule has 22 heteroatoms. The number of halogens is 1. The molecule has 3 aromatic rings. The van der Waals surface area contributed by atoms with Gasteiger partial charge in [0.05, 0.1) is 65.3 Å². The van der Waals surface area contributed by atoms with Crippen LogP contribution in [0.25, 0.3) is 5.69 Å². The summed E-state index contributed by atoms with van der Waals surface area (Å²) in [6.45, 7) is 20.4. The van der Waals surface area contributed by atoms with Gasteiger partial charge in [-0.15, -0.1) is 10.2 Å². The summed E-state index contributed by atoms with van der Waals surface area (Å²) in [7, 11) is 9.19. The van der Waals surface area contributed by atoms with Crippen molar-refractivity contribution in [1.82, 2.24) is 44.7 Å². The lowest BCUT2D eigenvalue weighted by Crippen LogP contribution is -2.60. The Morgan fingerprint density at radius 2 is 1.56 bits per heavy atom. The molecule has 0 bridgehead atoms. The van der Waals surface area contributed by atoms with Crippen molar-refractivity contribution < 1.29 is 63.1 Å². The maximum absolute atomic E-state index is 15.0. The van der Waals surface area contributed by atoms with Gasteiger partial charge in [0.15, 0.2) is 12.6 Å². The lowest BCUT2D eigenvalue weighted by molar-refractivity contribution is -0.312. The summed E-state index contributed by atoms with van der Waals surface area (Å²) in [6, 6.07) is 5.63. The highest BCUT2D eigenvalue weighted by molar-refractivity contribution is 5.73. The number of carbonyl (C=O) groups excluding carboxylic acids is 1. The summed E-state index contributed by atoms with van der Waals surface area (Å²) in [6.07, 6.45) is -5.35. The van der Waals surface area contributed by atoms with Crippen molar-refractivity contribution in [2.24, 2.45) is 23.2 Å². The van der Waals surface area contributed by atoms with Crippen molar-refractivity contribution in [3.63, 3.8) is 0 Å². The van der Waals surface area contributed by atoms with Gasteiger partial charge in [-0.2, -0.15) is 0 Å². The lowest BCUT2D eigenvalue weighted by Gasteiger charge is -2.49. The fraction of sp³-hybridized carbons (Fsp3) is 0.804. The van der Waals surface area contributed by atoms with Crippen LogP contribution < -0.4 is 0 Å². The highest BCUT2D eigenvalue weighted by Crippen LogP contribution is 2.42. The summed E-state index contributed by atoms with van der Waals surface area (Å²) >= 11 is 0. The average molecular weight is 1100 g/mol. The molecule has 3 aliphatic rings. The SMILES string of the molecule is CC[C@H]1OC(=O)[C@H](C)[C@@H](O[C@H]2CC(C)(C)[C@@H](O)[C@H](C)O2)[C@H](C)[C@@H](O[C@@H]2O[C@H](C)C[C@H](N(C)CCc3cn([C@H](CF)[C@H](OC)c4ccc(-n5cc(CN(C)C)nn5)cc4)nn3)[C@H]2O)[C@](C)(O)C[C@@H](C)CN(C)[C@H](C)[C@@H](O)[C@]1(C)O. The van der Waals surface area contributed by atoms with Crippen molar-refractivity contribution in [2.75, 3.05) is 55.1 Å². The van der Waals surface area contributed by atoms with Crippen LogP contribution in [-0.4, -0.2) is 216 Å². The molecule has 0 amide bonds. The Balaban J connectivity index is 1.23. The Bertz CT molecular complexity index is 2340. The molecule has 2 aromatic heterocycles. The van der Waals surface area contributed by atoms with Crippen molar-refractivity contribution in [3.05, 3.63) is 53.6 Å². The van der Waals surface area contributed by atoms with E-state index in [0.717, 1.165) is 16.9 Å². The number of aliphatic hydroxyl groups is 5. The van der Waals surface area contributed by atoms with E-state index in [9.17, 15) is 30.3 Å². The normalized spacial score (nSPS) is 36.7. The minimum atomic E-state index is -1.84. The first-order chi connectivity index (χ1) is 36.5. The molecule has 1 aromatic carbocycles. The largest absolute Gasteiger partial charge is 0.459 e. The number of methoxy groups -OCH3 is 1. The predicted molar refractivity (Wildman–Crippen MR) is 289 cm³/mol. The fourth-order valence-corrected chi connectivity index (χ4v) is 12.2. The van der Waals surface area contributed by atoms with Crippen LogP contribution in [0, 0.1) is 23.2 Å². The maximum Gasteiger partial charge on any atom is 0.311 e. The maximum atomic E-state index is 15.0. The van der Waals surface area contributed by atoms with E-state index < -0.39 is 127 Å². The standard InChI is InChI=1S/C56H94FN9O12/c1-17-44-56(11,72)49(68)36(6)64(15)28-32(2)25-55(10,71)51(34(4)47(35(5)52(70)76-44)77-45-26-54(8,9)50(69)37(7)75-45)78-53-46(67)42(24-33(3)74-53)63(14)23-22-39-30-66(61-58-39)43(27-57)48(73-16)38-18-20-41(21-19-38)65-31-40(59-60-65)29-62(12)13/h18-21,30-37,42-51,53,67-69,71-72H,17,22-29H2,1-16H3/t32-,33-,34+,35-,36-,37+,42+,43-,44-,45+,46-,47+,48-,49-,50+,51-,53+,55-,56-/m1/s1. The molecule has 21 nitrogen and oxygen atoms in total. The van der Waals surface area contributed by atoms with Crippen LogP contribution in [0.2, 0.25) is 0 Å². The quantitative estimate of drug-likeness (QED) is 0.119. The second-order valence-electron chi connectivity index (χ2n) is 24.5. The van der Waals surface area contributed by atoms with E-state index in [1.54, 1.807) is 45.5 Å². The van der Waals surface area contributed by atoms with Crippen LogP contribution in [0.1, 0.15) is 131 Å². The van der Waals surface area contributed by atoms with Gasteiger partial charge in [-0.05, 0) is 118 Å². The molecule has 5 heterocycles. The molecular weight excluding hydrogens is 1010 g/mol. The molecular formula is C56H94FN9O12. The van der Waals surface area contributed by atoms with Gasteiger partial charge in [0, 0.05) is 63.8 Å². The molecule has 0 spiro atoms. The Morgan fingerprint density at radius 3 is 2.18 bits per heavy atom. The van der Waals surface area contributed by atoms with E-state index in [-0.39, 0.29) is 25.2 Å². The highest BCUT2D eigenvalue weighted by atomic mass is 19.1. The number of hydrogen-bond donors (Lipinski definition) is 5. The van der Waals surface area contributed by atoms with E-state index >= 15 is 4.39 Å². The van der Waals surface area contributed by atoms with Crippen LogP contribution in [-0.2, 0) is 46.2 Å². The van der Waals surface area contributed by atoms with E-state index in [1.807, 2.05) is 108 Å². The third kappa shape index (κ3) is 14.9. The molecule has 0 unspecified atom stereocenters. The number of hydrogen-bond acceptors (Lipinski definition) is 19. The zero-order chi connectivity index (χ0) is 57.8. The number of nitrogens with zero attached hydrogens (tertiary/aromatic N) is 9. The Kier molecular flexibility index (Phi) is 21.6. The molecule has 3 aliphatic heterocycles. The minimum absolute atomic E-state index is 0.177. The zero-order valence-corrected chi connectivity index (χ0v) is 49.1. The average Bonchev–Trinajstić information content (AvgIpc) is 4.06. The van der Waals surface area contributed by atoms with Crippen LogP contribution in [0.4, 0.5) is 4.39 Å². The first-order valence-corrected chi connectivity index (χ1v) is 27.9. The van der Waals surface area contributed by atoms with Gasteiger partial charge in [-0.1, -0.05) is 57.2 Å². The summed E-state index contributed by atoms with van der Waals surface area (Å²) in [5, 5.41) is 77.1. The molecule has 5 N–H and O–H groups in total. The van der Waals surface area contributed by atoms with Crippen LogP contribution in [0.15, 0.2) is 36.7 Å². The molecule has 78 heavy (non-hydrogen) atoms.